The molecule has 0 amide bonds. The fraction of sp³-hybridized carbons (Fsp3) is 0.333. The zero-order valence-electron chi connectivity index (χ0n) is 8.55. The lowest BCUT2D eigenvalue weighted by Crippen LogP contribution is -2.16. The highest BCUT2D eigenvalue weighted by molar-refractivity contribution is 5.65. The summed E-state index contributed by atoms with van der Waals surface area (Å²) in [6, 6.07) is 3.40. The van der Waals surface area contributed by atoms with Gasteiger partial charge in [0, 0.05) is 11.6 Å². The monoisotopic (exact) mass is 228 g/mol. The van der Waals surface area contributed by atoms with Crippen molar-refractivity contribution in [2.24, 2.45) is 0 Å². The second-order valence-electron chi connectivity index (χ2n) is 3.72. The summed E-state index contributed by atoms with van der Waals surface area (Å²) in [4.78, 5) is 0. The second kappa shape index (κ2) is 4.60. The van der Waals surface area contributed by atoms with Gasteiger partial charge in [-0.15, -0.1) is 0 Å². The maximum Gasteiger partial charge on any atom is 0.133 e. The average molecular weight is 228 g/mol. The number of allylic oxidation sites excluding steroid dienone is 1. The summed E-state index contributed by atoms with van der Waals surface area (Å²) in [5, 5.41) is 0. The first-order chi connectivity index (χ1) is 7.70. The molecule has 16 heavy (non-hydrogen) atoms. The maximum atomic E-state index is 13.4. The Morgan fingerprint density at radius 1 is 1.31 bits per heavy atom. The molecule has 1 atom stereocenters. The molecular weight excluding hydrogens is 217 g/mol. The fourth-order valence-electron chi connectivity index (χ4n) is 1.68. The van der Waals surface area contributed by atoms with E-state index < -0.39 is 24.4 Å². The molecule has 0 radical (unpaired) electrons. The SMILES string of the molecule is FC[C@@H]1CCC(c2ccc(F)cc2F)=CO1. The Bertz CT molecular complexity index is 415. The summed E-state index contributed by atoms with van der Waals surface area (Å²) in [5.74, 6) is -1.23. The summed E-state index contributed by atoms with van der Waals surface area (Å²) in [6.07, 6.45) is 1.98. The van der Waals surface area contributed by atoms with Crippen molar-refractivity contribution in [1.82, 2.24) is 0 Å². The van der Waals surface area contributed by atoms with Crippen LogP contribution in [0.3, 0.4) is 0 Å². The van der Waals surface area contributed by atoms with Crippen molar-refractivity contribution in [3.8, 4) is 0 Å². The van der Waals surface area contributed by atoms with E-state index in [-0.39, 0.29) is 0 Å². The van der Waals surface area contributed by atoms with Crippen LogP contribution < -0.4 is 0 Å². The van der Waals surface area contributed by atoms with Gasteiger partial charge in [0.1, 0.15) is 24.4 Å². The van der Waals surface area contributed by atoms with Crippen molar-refractivity contribution < 1.29 is 17.9 Å². The second-order valence-corrected chi connectivity index (χ2v) is 3.72. The quantitative estimate of drug-likeness (QED) is 0.753. The lowest BCUT2D eigenvalue weighted by Gasteiger charge is -2.21. The Morgan fingerprint density at radius 2 is 2.12 bits per heavy atom. The standard InChI is InChI=1S/C12H11F3O/c13-6-10-3-1-8(7-16-10)11-4-2-9(14)5-12(11)15/h2,4-5,7,10H,1,3,6H2/t10-/m0/s1. The molecule has 0 saturated carbocycles. The van der Waals surface area contributed by atoms with Gasteiger partial charge in [0.2, 0.25) is 0 Å². The van der Waals surface area contributed by atoms with E-state index in [9.17, 15) is 13.2 Å². The van der Waals surface area contributed by atoms with E-state index in [1.54, 1.807) is 0 Å². The van der Waals surface area contributed by atoms with Crippen molar-refractivity contribution in [3.63, 3.8) is 0 Å². The van der Waals surface area contributed by atoms with Gasteiger partial charge in [-0.2, -0.15) is 0 Å². The molecule has 0 aromatic heterocycles. The van der Waals surface area contributed by atoms with E-state index in [4.69, 9.17) is 4.74 Å². The molecule has 86 valence electrons. The van der Waals surface area contributed by atoms with E-state index in [1.807, 2.05) is 0 Å². The summed E-state index contributed by atoms with van der Waals surface area (Å²) in [6.45, 7) is -0.546. The molecule has 2 rings (SSSR count). The summed E-state index contributed by atoms with van der Waals surface area (Å²) < 4.78 is 43.4. The van der Waals surface area contributed by atoms with Gasteiger partial charge in [-0.3, -0.25) is 0 Å². The largest absolute Gasteiger partial charge is 0.495 e. The Hall–Kier alpha value is -1.45. The summed E-state index contributed by atoms with van der Waals surface area (Å²) >= 11 is 0. The van der Waals surface area contributed by atoms with Crippen molar-refractivity contribution >= 4 is 5.57 Å². The first-order valence-electron chi connectivity index (χ1n) is 5.06. The fourth-order valence-corrected chi connectivity index (χ4v) is 1.68. The van der Waals surface area contributed by atoms with E-state index in [1.165, 1.54) is 18.4 Å². The van der Waals surface area contributed by atoms with E-state index in [2.05, 4.69) is 0 Å². The van der Waals surface area contributed by atoms with Crippen LogP contribution in [0.4, 0.5) is 13.2 Å². The number of alkyl halides is 1. The Kier molecular flexibility index (Phi) is 3.17. The number of ether oxygens (including phenoxy) is 1. The number of hydrogen-bond donors (Lipinski definition) is 0. The lowest BCUT2D eigenvalue weighted by molar-refractivity contribution is 0.100. The predicted octanol–water partition coefficient (Wildman–Crippen LogP) is 3.45. The first kappa shape index (κ1) is 11.0. The average Bonchev–Trinajstić information content (AvgIpc) is 2.29. The molecule has 0 aliphatic carbocycles. The predicted molar refractivity (Wildman–Crippen MR) is 54.4 cm³/mol. The van der Waals surface area contributed by atoms with Crippen molar-refractivity contribution in [3.05, 3.63) is 41.7 Å². The van der Waals surface area contributed by atoms with E-state index in [0.717, 1.165) is 6.07 Å². The highest BCUT2D eigenvalue weighted by Crippen LogP contribution is 2.28. The molecule has 0 saturated heterocycles. The normalized spacial score (nSPS) is 20.2. The van der Waals surface area contributed by atoms with Gasteiger partial charge in [-0.1, -0.05) is 0 Å². The van der Waals surface area contributed by atoms with Gasteiger partial charge in [0.25, 0.3) is 0 Å². The van der Waals surface area contributed by atoms with Gasteiger partial charge < -0.3 is 4.74 Å². The third-order valence-corrected chi connectivity index (χ3v) is 2.59. The minimum atomic E-state index is -0.617. The Labute approximate surface area is 91.5 Å². The van der Waals surface area contributed by atoms with Crippen LogP contribution in [0.5, 0.6) is 0 Å². The van der Waals surface area contributed by atoms with Crippen LogP contribution in [-0.4, -0.2) is 12.8 Å². The van der Waals surface area contributed by atoms with Crippen LogP contribution in [0.2, 0.25) is 0 Å². The van der Waals surface area contributed by atoms with Crippen LogP contribution >= 0.6 is 0 Å². The molecular formula is C12H11F3O. The van der Waals surface area contributed by atoms with E-state index >= 15 is 0 Å². The maximum absolute atomic E-state index is 13.4. The highest BCUT2D eigenvalue weighted by Gasteiger charge is 2.18. The number of halogens is 3. The topological polar surface area (TPSA) is 9.23 Å². The molecule has 1 aromatic rings. The van der Waals surface area contributed by atoms with Gasteiger partial charge >= 0.3 is 0 Å². The molecule has 0 N–H and O–H groups in total. The molecule has 0 spiro atoms. The van der Waals surface area contributed by atoms with Crippen molar-refractivity contribution in [2.75, 3.05) is 6.67 Å². The van der Waals surface area contributed by atoms with Gasteiger partial charge in [-0.05, 0) is 30.5 Å². The van der Waals surface area contributed by atoms with E-state index in [0.29, 0.717) is 24.0 Å². The molecule has 0 fully saturated rings. The summed E-state index contributed by atoms with van der Waals surface area (Å²) in [5.41, 5.74) is 0.959. The third-order valence-electron chi connectivity index (χ3n) is 2.59. The third kappa shape index (κ3) is 2.21. The lowest BCUT2D eigenvalue weighted by atomic mass is 9.98. The molecule has 1 heterocycles. The zero-order chi connectivity index (χ0) is 11.5. The zero-order valence-corrected chi connectivity index (χ0v) is 8.55. The molecule has 0 unspecified atom stereocenters. The number of rotatable bonds is 2. The van der Waals surface area contributed by atoms with Crippen LogP contribution in [-0.2, 0) is 4.74 Å². The van der Waals surface area contributed by atoms with Crippen LogP contribution in [0, 0.1) is 11.6 Å². The number of benzene rings is 1. The molecule has 1 aliphatic heterocycles. The van der Waals surface area contributed by atoms with Gasteiger partial charge in [0.05, 0.1) is 6.26 Å². The molecule has 1 nitrogen and oxygen atoms in total. The minimum Gasteiger partial charge on any atom is -0.495 e. The van der Waals surface area contributed by atoms with Crippen LogP contribution in [0.1, 0.15) is 18.4 Å². The van der Waals surface area contributed by atoms with Crippen LogP contribution in [0.15, 0.2) is 24.5 Å². The van der Waals surface area contributed by atoms with Crippen molar-refractivity contribution in [2.45, 2.75) is 18.9 Å². The highest BCUT2D eigenvalue weighted by atomic mass is 19.1. The van der Waals surface area contributed by atoms with Gasteiger partial charge in [0.15, 0.2) is 0 Å². The molecule has 1 aliphatic rings. The Morgan fingerprint density at radius 3 is 2.69 bits per heavy atom. The molecule has 0 bridgehead atoms. The summed E-state index contributed by atoms with van der Waals surface area (Å²) in [7, 11) is 0. The smallest absolute Gasteiger partial charge is 0.133 e. The van der Waals surface area contributed by atoms with Crippen molar-refractivity contribution in [1.29, 1.82) is 0 Å². The minimum absolute atomic E-state index is 0.318. The molecule has 4 heteroatoms. The number of hydrogen-bond acceptors (Lipinski definition) is 1. The Balaban J connectivity index is 2.22. The first-order valence-corrected chi connectivity index (χ1v) is 5.06. The van der Waals surface area contributed by atoms with Gasteiger partial charge in [-0.25, -0.2) is 13.2 Å². The van der Waals surface area contributed by atoms with Crippen LogP contribution in [0.25, 0.3) is 5.57 Å². The molecule has 1 aromatic carbocycles.